The Balaban J connectivity index is 0.000000176. The van der Waals surface area contributed by atoms with E-state index < -0.39 is 6.04 Å². The molecule has 3 heterocycles. The van der Waals surface area contributed by atoms with Crippen LogP contribution in [-0.2, 0) is 19.1 Å². The normalized spacial score (nSPS) is 21.5. The highest BCUT2D eigenvalue weighted by Gasteiger charge is 2.36. The monoisotopic (exact) mass is 386 g/mol. The first-order valence-corrected chi connectivity index (χ1v) is 9.51. The van der Waals surface area contributed by atoms with Crippen molar-refractivity contribution in [3.05, 3.63) is 36.5 Å². The van der Waals surface area contributed by atoms with Crippen LogP contribution in [0.3, 0.4) is 0 Å². The zero-order valence-corrected chi connectivity index (χ0v) is 16.0. The number of likely N-dealkylation sites (N-methyl/N-ethyl adjacent to an activating group) is 1. The number of aromatic nitrogens is 1. The van der Waals surface area contributed by atoms with Crippen LogP contribution in [0.2, 0.25) is 0 Å². The molecule has 8 nitrogen and oxygen atoms in total. The van der Waals surface area contributed by atoms with Gasteiger partial charge in [0.05, 0.1) is 18.7 Å². The second kappa shape index (κ2) is 9.48. The molecule has 4 rings (SSSR count). The second-order valence-corrected chi connectivity index (χ2v) is 6.83. The standard InChI is InChI=1S/C11H19N3O3.C9H7NO/c1-12-7-9(15)13-8-4-6-17-10-3-2-5-14(10)11(8)16;11-7-10-6-5-8-3-1-2-4-9(8)10/h8,10,12H,2-7H2,1H3,(H,13,15);1-7H/t8-,10?;/m0./s1. The Morgan fingerprint density at radius 2 is 2.11 bits per heavy atom. The molecule has 1 unspecified atom stereocenters. The lowest BCUT2D eigenvalue weighted by Gasteiger charge is -2.24. The van der Waals surface area contributed by atoms with E-state index >= 15 is 0 Å². The molecule has 0 saturated carbocycles. The summed E-state index contributed by atoms with van der Waals surface area (Å²) in [7, 11) is 1.70. The number of hydrogen-bond donors (Lipinski definition) is 2. The Morgan fingerprint density at radius 3 is 2.89 bits per heavy atom. The van der Waals surface area contributed by atoms with E-state index in [0.717, 1.165) is 36.7 Å². The molecule has 28 heavy (non-hydrogen) atoms. The largest absolute Gasteiger partial charge is 0.358 e. The number of fused-ring (bicyclic) bond motifs is 2. The van der Waals surface area contributed by atoms with E-state index in [9.17, 15) is 14.4 Å². The maximum Gasteiger partial charge on any atom is 0.247 e. The maximum atomic E-state index is 12.2. The smallest absolute Gasteiger partial charge is 0.247 e. The van der Waals surface area contributed by atoms with Crippen molar-refractivity contribution >= 4 is 29.1 Å². The first-order valence-electron chi connectivity index (χ1n) is 9.51. The average molecular weight is 386 g/mol. The summed E-state index contributed by atoms with van der Waals surface area (Å²) in [6, 6.07) is 9.27. The SMILES string of the molecule is CNCC(=O)N[C@H]1CCOC2CCCN2C1=O.O=Cn1ccc2ccccc21. The van der Waals surface area contributed by atoms with E-state index in [0.29, 0.717) is 13.0 Å². The van der Waals surface area contributed by atoms with E-state index in [1.165, 1.54) is 0 Å². The molecule has 8 heteroatoms. The van der Waals surface area contributed by atoms with Gasteiger partial charge >= 0.3 is 0 Å². The molecular formula is C20H26N4O4. The summed E-state index contributed by atoms with van der Waals surface area (Å²) in [6.45, 7) is 1.49. The molecule has 2 atom stereocenters. The van der Waals surface area contributed by atoms with Crippen molar-refractivity contribution in [2.45, 2.75) is 31.5 Å². The van der Waals surface area contributed by atoms with Crippen molar-refractivity contribution in [3.8, 4) is 0 Å². The van der Waals surface area contributed by atoms with Gasteiger partial charge in [0, 0.05) is 24.5 Å². The lowest BCUT2D eigenvalue weighted by atomic mass is 10.2. The zero-order chi connectivity index (χ0) is 19.9. The van der Waals surface area contributed by atoms with Crippen LogP contribution < -0.4 is 10.6 Å². The molecule has 2 N–H and O–H groups in total. The van der Waals surface area contributed by atoms with E-state index in [4.69, 9.17) is 4.74 Å². The molecule has 0 bridgehead atoms. The van der Waals surface area contributed by atoms with Crippen molar-refractivity contribution in [1.29, 1.82) is 0 Å². The molecule has 1 aromatic carbocycles. The molecule has 0 aliphatic carbocycles. The van der Waals surface area contributed by atoms with Gasteiger partial charge < -0.3 is 20.3 Å². The van der Waals surface area contributed by atoms with Crippen molar-refractivity contribution in [2.24, 2.45) is 0 Å². The summed E-state index contributed by atoms with van der Waals surface area (Å²) in [5, 5.41) is 6.61. The fourth-order valence-corrected chi connectivity index (χ4v) is 3.54. The number of nitrogens with one attached hydrogen (secondary N) is 2. The number of rotatable bonds is 4. The van der Waals surface area contributed by atoms with E-state index in [1.54, 1.807) is 22.7 Å². The van der Waals surface area contributed by atoms with Crippen LogP contribution in [0.5, 0.6) is 0 Å². The minimum absolute atomic E-state index is 0.00514. The Bertz CT molecular complexity index is 834. The number of amides is 2. The third kappa shape index (κ3) is 4.58. The van der Waals surface area contributed by atoms with Crippen molar-refractivity contribution in [3.63, 3.8) is 0 Å². The van der Waals surface area contributed by atoms with E-state index in [1.807, 2.05) is 30.3 Å². The highest BCUT2D eigenvalue weighted by atomic mass is 16.5. The minimum atomic E-state index is -0.432. The number of ether oxygens (including phenoxy) is 1. The molecule has 2 saturated heterocycles. The summed E-state index contributed by atoms with van der Waals surface area (Å²) in [4.78, 5) is 35.8. The number of hydrogen-bond acceptors (Lipinski definition) is 5. The maximum absolute atomic E-state index is 12.2. The first-order chi connectivity index (χ1) is 13.6. The molecule has 2 aromatic rings. The first kappa shape index (κ1) is 20.0. The third-order valence-electron chi connectivity index (χ3n) is 4.91. The van der Waals surface area contributed by atoms with E-state index in [-0.39, 0.29) is 24.6 Å². The molecule has 1 aromatic heterocycles. The highest BCUT2D eigenvalue weighted by Crippen LogP contribution is 2.22. The van der Waals surface area contributed by atoms with Crippen LogP contribution in [0.25, 0.3) is 10.9 Å². The van der Waals surface area contributed by atoms with Crippen LogP contribution in [0.4, 0.5) is 0 Å². The summed E-state index contributed by atoms with van der Waals surface area (Å²) < 4.78 is 7.17. The van der Waals surface area contributed by atoms with Gasteiger partial charge in [0.1, 0.15) is 12.3 Å². The molecule has 2 fully saturated rings. The second-order valence-electron chi connectivity index (χ2n) is 6.83. The summed E-state index contributed by atoms with van der Waals surface area (Å²) in [6.07, 6.45) is 4.94. The van der Waals surface area contributed by atoms with Gasteiger partial charge in [-0.15, -0.1) is 0 Å². The van der Waals surface area contributed by atoms with Gasteiger partial charge in [0.25, 0.3) is 0 Å². The molecule has 2 amide bonds. The van der Waals surface area contributed by atoms with Crippen molar-refractivity contribution in [2.75, 3.05) is 26.7 Å². The predicted molar refractivity (Wildman–Crippen MR) is 105 cm³/mol. The van der Waals surface area contributed by atoms with Gasteiger partial charge in [-0.2, -0.15) is 0 Å². The van der Waals surface area contributed by atoms with Gasteiger partial charge in [-0.05, 0) is 32.0 Å². The van der Waals surface area contributed by atoms with Crippen LogP contribution >= 0.6 is 0 Å². The molecule has 0 radical (unpaired) electrons. The lowest BCUT2D eigenvalue weighted by Crippen LogP contribution is -2.50. The number of benzene rings is 1. The lowest BCUT2D eigenvalue weighted by molar-refractivity contribution is -0.140. The van der Waals surface area contributed by atoms with Gasteiger partial charge in [-0.3, -0.25) is 19.0 Å². The quantitative estimate of drug-likeness (QED) is 0.756. The number of para-hydroxylation sites is 1. The predicted octanol–water partition coefficient (Wildman–Crippen LogP) is 0.739. The van der Waals surface area contributed by atoms with Crippen molar-refractivity contribution in [1.82, 2.24) is 20.1 Å². The number of carbonyl (C=O) groups is 3. The van der Waals surface area contributed by atoms with E-state index in [2.05, 4.69) is 10.6 Å². The topological polar surface area (TPSA) is 92.7 Å². The Labute approximate surface area is 163 Å². The summed E-state index contributed by atoms with van der Waals surface area (Å²) >= 11 is 0. The van der Waals surface area contributed by atoms with Gasteiger partial charge in [0.15, 0.2) is 0 Å². The van der Waals surface area contributed by atoms with Crippen molar-refractivity contribution < 1.29 is 19.1 Å². The zero-order valence-electron chi connectivity index (χ0n) is 16.0. The molecular weight excluding hydrogens is 360 g/mol. The fraction of sp³-hybridized carbons (Fsp3) is 0.450. The summed E-state index contributed by atoms with van der Waals surface area (Å²) in [5.41, 5.74) is 0.961. The molecule has 150 valence electrons. The van der Waals surface area contributed by atoms with Gasteiger partial charge in [-0.25, -0.2) is 0 Å². The fourth-order valence-electron chi connectivity index (χ4n) is 3.54. The average Bonchev–Trinajstić information content (AvgIpc) is 3.31. The Morgan fingerprint density at radius 1 is 1.29 bits per heavy atom. The van der Waals surface area contributed by atoms with Crippen LogP contribution in [0.1, 0.15) is 19.3 Å². The van der Waals surface area contributed by atoms with Gasteiger partial charge in [-0.1, -0.05) is 18.2 Å². The van der Waals surface area contributed by atoms with Crippen LogP contribution in [0, 0.1) is 0 Å². The molecule has 2 aliphatic rings. The number of nitrogens with zero attached hydrogens (tertiary/aromatic N) is 2. The summed E-state index contributed by atoms with van der Waals surface area (Å²) in [5.74, 6) is -0.155. The van der Waals surface area contributed by atoms with Crippen LogP contribution in [0.15, 0.2) is 36.5 Å². The van der Waals surface area contributed by atoms with Crippen LogP contribution in [-0.4, -0.2) is 66.7 Å². The Kier molecular flexibility index (Phi) is 6.78. The molecule has 0 spiro atoms. The third-order valence-corrected chi connectivity index (χ3v) is 4.91. The highest BCUT2D eigenvalue weighted by molar-refractivity contribution is 5.88. The van der Waals surface area contributed by atoms with Gasteiger partial charge in [0.2, 0.25) is 18.2 Å². The molecule has 2 aliphatic heterocycles. The minimum Gasteiger partial charge on any atom is -0.358 e. The Hall–Kier alpha value is -2.71. The number of carbonyl (C=O) groups excluding carboxylic acids is 3.